The van der Waals surface area contributed by atoms with E-state index in [1.807, 2.05) is 0 Å². The number of unbranched alkanes of at least 4 members (excludes halogenated alkanes) is 24. The molecule has 3 heteroatoms. The highest BCUT2D eigenvalue weighted by Gasteiger charge is 2.35. The van der Waals surface area contributed by atoms with E-state index in [0.29, 0.717) is 6.42 Å². The van der Waals surface area contributed by atoms with Crippen molar-refractivity contribution in [3.63, 3.8) is 0 Å². The van der Waals surface area contributed by atoms with Gasteiger partial charge in [-0.3, -0.25) is 0 Å². The van der Waals surface area contributed by atoms with Crippen LogP contribution in [0.1, 0.15) is 309 Å². The maximum absolute atomic E-state index is 11.5. The molecule has 0 saturated heterocycles. The van der Waals surface area contributed by atoms with Gasteiger partial charge in [0.1, 0.15) is 0 Å². The molecule has 3 nitrogen and oxygen atoms in total. The van der Waals surface area contributed by atoms with E-state index >= 15 is 0 Å². The van der Waals surface area contributed by atoms with Crippen LogP contribution in [-0.4, -0.2) is 28.2 Å². The third-order valence-corrected chi connectivity index (χ3v) is 13.0. The summed E-state index contributed by atoms with van der Waals surface area (Å²) >= 11 is 0. The van der Waals surface area contributed by atoms with Gasteiger partial charge < -0.3 is 14.9 Å². The third kappa shape index (κ3) is 35.1. The molecule has 0 aromatic carbocycles. The minimum absolute atomic E-state index is 0.320. The molecule has 0 spiro atoms. The van der Waals surface area contributed by atoms with Gasteiger partial charge >= 0.3 is 0 Å². The Bertz CT molecular complexity index is 651. The first-order valence-corrected chi connectivity index (χ1v) is 25.7. The Kier molecular flexibility index (Phi) is 39.5. The lowest BCUT2D eigenvalue weighted by Gasteiger charge is -2.38. The summed E-state index contributed by atoms with van der Waals surface area (Å²) in [5.74, 6) is 0. The van der Waals surface area contributed by atoms with Crippen LogP contribution in [0.3, 0.4) is 0 Å². The normalized spacial score (nSPS) is 18.2. The van der Waals surface area contributed by atoms with Crippen molar-refractivity contribution < 1.29 is 14.9 Å². The van der Waals surface area contributed by atoms with E-state index < -0.39 is 6.29 Å². The minimum Gasteiger partial charge on any atom is -0.393 e. The van der Waals surface area contributed by atoms with Crippen LogP contribution in [0.15, 0.2) is 0 Å². The quantitative estimate of drug-likeness (QED) is 0.0530. The van der Waals surface area contributed by atoms with Gasteiger partial charge in [-0.25, -0.2) is 0 Å². The van der Waals surface area contributed by atoms with Crippen molar-refractivity contribution in [2.45, 2.75) is 327 Å². The van der Waals surface area contributed by atoms with E-state index in [0.717, 1.165) is 51.4 Å². The Morgan fingerprint density at radius 1 is 0.352 bits per heavy atom. The summed E-state index contributed by atoms with van der Waals surface area (Å²) in [6.07, 6.45) is 58.5. The van der Waals surface area contributed by atoms with E-state index in [-0.39, 0.29) is 11.7 Å². The molecular formula is C51H102O3. The molecule has 324 valence electrons. The van der Waals surface area contributed by atoms with Gasteiger partial charge in [0.25, 0.3) is 0 Å². The largest absolute Gasteiger partial charge is 0.393 e. The zero-order valence-electron chi connectivity index (χ0n) is 37.5. The summed E-state index contributed by atoms with van der Waals surface area (Å²) in [6.45, 7) is 4.60. The van der Waals surface area contributed by atoms with Gasteiger partial charge in [0, 0.05) is 6.42 Å². The molecular weight excluding hydrogens is 661 g/mol. The Hall–Kier alpha value is -0.120. The van der Waals surface area contributed by atoms with Crippen LogP contribution in [0.2, 0.25) is 0 Å². The first kappa shape index (κ1) is 51.9. The summed E-state index contributed by atoms with van der Waals surface area (Å²) in [4.78, 5) is 0. The molecule has 1 aliphatic carbocycles. The predicted octanol–water partition coefficient (Wildman–Crippen LogP) is 17.4. The van der Waals surface area contributed by atoms with E-state index in [1.165, 1.54) is 238 Å². The summed E-state index contributed by atoms with van der Waals surface area (Å²) in [6, 6.07) is 0. The second kappa shape index (κ2) is 41.1. The van der Waals surface area contributed by atoms with Gasteiger partial charge in [-0.15, -0.1) is 0 Å². The lowest BCUT2D eigenvalue weighted by atomic mass is 9.83. The van der Waals surface area contributed by atoms with Gasteiger partial charge in [0.05, 0.1) is 11.7 Å². The smallest absolute Gasteiger partial charge is 0.155 e. The molecule has 0 radical (unpaired) electrons. The first-order chi connectivity index (χ1) is 26.6. The molecule has 0 aromatic heterocycles. The zero-order valence-corrected chi connectivity index (χ0v) is 37.5. The molecule has 1 rings (SSSR count). The molecule has 2 atom stereocenters. The first-order valence-electron chi connectivity index (χ1n) is 25.7. The fourth-order valence-electron chi connectivity index (χ4n) is 9.30. The van der Waals surface area contributed by atoms with Gasteiger partial charge in [-0.05, 0) is 32.1 Å². The molecule has 54 heavy (non-hydrogen) atoms. The Balaban J connectivity index is 2.55. The number of ether oxygens (including phenoxy) is 1. The van der Waals surface area contributed by atoms with Crippen molar-refractivity contribution in [3.8, 4) is 0 Å². The van der Waals surface area contributed by atoms with Crippen LogP contribution in [0.5, 0.6) is 0 Å². The summed E-state index contributed by atoms with van der Waals surface area (Å²) in [7, 11) is 0. The van der Waals surface area contributed by atoms with Crippen molar-refractivity contribution in [1.82, 2.24) is 0 Å². The van der Waals surface area contributed by atoms with Crippen LogP contribution in [-0.2, 0) is 4.74 Å². The van der Waals surface area contributed by atoms with Crippen molar-refractivity contribution in [2.24, 2.45) is 0 Å². The van der Waals surface area contributed by atoms with Crippen molar-refractivity contribution >= 4 is 0 Å². The molecule has 0 aromatic rings. The monoisotopic (exact) mass is 763 g/mol. The molecule has 0 aliphatic heterocycles. The van der Waals surface area contributed by atoms with E-state index in [4.69, 9.17) is 4.74 Å². The molecule has 1 fully saturated rings. The standard InChI is InChI=1S/C51H102O3/c1-3-5-7-9-11-13-15-20-24-28-32-36-40-44-49(52)48-51(46-42-38-34-30-26-22-18-17-19-23-27-31-35-39-43-47-51)54-50(53)45-41-37-33-29-25-21-16-14-12-10-8-6-4-2/h49-50,52-53H,3-48H2,1-2H3. The van der Waals surface area contributed by atoms with E-state index in [9.17, 15) is 10.2 Å². The Labute approximate surface area is 341 Å². The second-order valence-electron chi connectivity index (χ2n) is 18.5. The predicted molar refractivity (Wildman–Crippen MR) is 240 cm³/mol. The summed E-state index contributed by atoms with van der Waals surface area (Å²) < 4.78 is 6.81. The molecule has 0 amide bonds. The van der Waals surface area contributed by atoms with Crippen LogP contribution >= 0.6 is 0 Å². The Morgan fingerprint density at radius 2 is 0.611 bits per heavy atom. The van der Waals surface area contributed by atoms with Gasteiger partial charge in [0.2, 0.25) is 0 Å². The maximum Gasteiger partial charge on any atom is 0.155 e. The number of rotatable bonds is 32. The molecule has 2 N–H and O–H groups in total. The average Bonchev–Trinajstić information content (AvgIpc) is 3.16. The maximum atomic E-state index is 11.5. The number of aliphatic hydroxyl groups is 2. The lowest BCUT2D eigenvalue weighted by Crippen LogP contribution is -2.40. The van der Waals surface area contributed by atoms with Crippen molar-refractivity contribution in [2.75, 3.05) is 0 Å². The van der Waals surface area contributed by atoms with Gasteiger partial charge in [-0.2, -0.15) is 0 Å². The van der Waals surface area contributed by atoms with Crippen molar-refractivity contribution in [1.29, 1.82) is 0 Å². The average molecular weight is 763 g/mol. The van der Waals surface area contributed by atoms with Crippen molar-refractivity contribution in [3.05, 3.63) is 0 Å². The van der Waals surface area contributed by atoms with Crippen LogP contribution < -0.4 is 0 Å². The highest BCUT2D eigenvalue weighted by Crippen LogP contribution is 2.35. The Morgan fingerprint density at radius 3 is 0.926 bits per heavy atom. The third-order valence-electron chi connectivity index (χ3n) is 13.0. The van der Waals surface area contributed by atoms with Crippen LogP contribution in [0.25, 0.3) is 0 Å². The highest BCUT2D eigenvalue weighted by atomic mass is 16.6. The summed E-state index contributed by atoms with van der Waals surface area (Å²) in [5.41, 5.74) is -0.378. The SMILES string of the molecule is CCCCCCCCCCCCCCCC(O)CC1(OC(O)CCCCCCCCCCCCCCC)CCCCCCCCCCCCCCCCC1. The summed E-state index contributed by atoms with van der Waals surface area (Å²) in [5, 5.41) is 22.8. The number of aliphatic hydroxyl groups excluding tert-OH is 2. The number of hydrogen-bond acceptors (Lipinski definition) is 3. The molecule has 1 saturated carbocycles. The fraction of sp³-hybridized carbons (Fsp3) is 1.00. The van der Waals surface area contributed by atoms with E-state index in [1.54, 1.807) is 0 Å². The molecule has 0 heterocycles. The van der Waals surface area contributed by atoms with Gasteiger partial charge in [0.15, 0.2) is 6.29 Å². The van der Waals surface area contributed by atoms with Crippen LogP contribution in [0, 0.1) is 0 Å². The zero-order chi connectivity index (χ0) is 38.9. The lowest BCUT2D eigenvalue weighted by molar-refractivity contribution is -0.205. The van der Waals surface area contributed by atoms with Crippen LogP contribution in [0.4, 0.5) is 0 Å². The molecule has 1 aliphatic rings. The second-order valence-corrected chi connectivity index (χ2v) is 18.5. The minimum atomic E-state index is -0.695. The number of hydrogen-bond donors (Lipinski definition) is 2. The fourth-order valence-corrected chi connectivity index (χ4v) is 9.30. The highest BCUT2D eigenvalue weighted by molar-refractivity contribution is 4.85. The molecule has 2 unspecified atom stereocenters. The van der Waals surface area contributed by atoms with Gasteiger partial charge in [-0.1, -0.05) is 271 Å². The molecule has 0 bridgehead atoms. The van der Waals surface area contributed by atoms with E-state index in [2.05, 4.69) is 13.8 Å². The topological polar surface area (TPSA) is 49.7 Å².